The third-order valence-electron chi connectivity index (χ3n) is 2.67. The van der Waals surface area contributed by atoms with E-state index in [-0.39, 0.29) is 10.7 Å². The predicted octanol–water partition coefficient (Wildman–Crippen LogP) is 3.29. The quantitative estimate of drug-likeness (QED) is 0.711. The lowest BCUT2D eigenvalue weighted by molar-refractivity contribution is 0.483. The van der Waals surface area contributed by atoms with Crippen LogP contribution in [0.3, 0.4) is 0 Å². The Balaban J connectivity index is 2.02. The molecule has 0 fully saturated rings. The van der Waals surface area contributed by atoms with Gasteiger partial charge in [-0.3, -0.25) is 4.98 Å². The fourth-order valence-corrected chi connectivity index (χ4v) is 1.92. The van der Waals surface area contributed by atoms with Crippen LogP contribution in [0.15, 0.2) is 39.5 Å². The normalized spacial score (nSPS) is 10.9. The average Bonchev–Trinajstić information content (AvgIpc) is 2.73. The number of H-pyrrole nitrogens is 1. The summed E-state index contributed by atoms with van der Waals surface area (Å²) in [6, 6.07) is 6.92. The summed E-state index contributed by atoms with van der Waals surface area (Å²) >= 11 is 5.67. The topological polar surface area (TPSA) is 81.2 Å². The van der Waals surface area contributed by atoms with Crippen molar-refractivity contribution in [3.05, 3.63) is 51.7 Å². The molecule has 3 N–H and O–H groups in total. The number of anilines is 1. The first-order chi connectivity index (χ1) is 9.52. The second kappa shape index (κ2) is 4.57. The first kappa shape index (κ1) is 12.6. The molecule has 20 heavy (non-hydrogen) atoms. The Morgan fingerprint density at radius 2 is 2.10 bits per heavy atom. The average molecular weight is 295 g/mol. The monoisotopic (exact) mass is 294 g/mol. The number of rotatable bonds is 2. The Kier molecular flexibility index (Phi) is 2.87. The smallest absolute Gasteiger partial charge is 0.417 e. The van der Waals surface area contributed by atoms with Crippen molar-refractivity contribution in [2.45, 2.75) is 0 Å². The predicted molar refractivity (Wildman–Crippen MR) is 72.7 cm³/mol. The largest absolute Gasteiger partial charge is 0.455 e. The van der Waals surface area contributed by atoms with E-state index >= 15 is 0 Å². The number of fused-ring (bicyclic) bond motifs is 1. The van der Waals surface area contributed by atoms with E-state index in [9.17, 15) is 9.18 Å². The highest BCUT2D eigenvalue weighted by Crippen LogP contribution is 2.32. The first-order valence-electron chi connectivity index (χ1n) is 5.58. The molecule has 0 aliphatic rings. The molecule has 0 aliphatic heterocycles. The minimum atomic E-state index is -0.582. The van der Waals surface area contributed by atoms with Gasteiger partial charge >= 0.3 is 5.76 Å². The molecular formula is C13H8ClFN2O3. The van der Waals surface area contributed by atoms with Gasteiger partial charge in [0.1, 0.15) is 11.6 Å². The summed E-state index contributed by atoms with van der Waals surface area (Å²) in [6.07, 6.45) is 0. The number of aromatic nitrogens is 1. The van der Waals surface area contributed by atoms with Crippen molar-refractivity contribution in [1.82, 2.24) is 4.98 Å². The second-order valence-electron chi connectivity index (χ2n) is 4.08. The summed E-state index contributed by atoms with van der Waals surface area (Å²) in [7, 11) is 0. The van der Waals surface area contributed by atoms with Crippen LogP contribution in [0.5, 0.6) is 11.5 Å². The molecule has 0 saturated heterocycles. The zero-order chi connectivity index (χ0) is 14.3. The molecule has 0 atom stereocenters. The van der Waals surface area contributed by atoms with Gasteiger partial charge in [0, 0.05) is 18.2 Å². The number of halogens is 2. The summed E-state index contributed by atoms with van der Waals surface area (Å²) in [5.74, 6) is -0.492. The maximum Gasteiger partial charge on any atom is 0.417 e. The van der Waals surface area contributed by atoms with E-state index < -0.39 is 11.6 Å². The van der Waals surface area contributed by atoms with Crippen molar-refractivity contribution in [1.29, 1.82) is 0 Å². The van der Waals surface area contributed by atoms with E-state index in [1.807, 2.05) is 0 Å². The SMILES string of the molecule is Nc1cc2oc(=O)[nH]c2cc1Oc1ccc(F)c(Cl)c1. The molecule has 1 heterocycles. The van der Waals surface area contributed by atoms with Gasteiger partial charge in [-0.1, -0.05) is 11.6 Å². The van der Waals surface area contributed by atoms with Crippen molar-refractivity contribution < 1.29 is 13.5 Å². The molecule has 0 spiro atoms. The van der Waals surface area contributed by atoms with Crippen LogP contribution in [-0.2, 0) is 0 Å². The number of benzene rings is 2. The van der Waals surface area contributed by atoms with Crippen LogP contribution >= 0.6 is 11.6 Å². The maximum absolute atomic E-state index is 13.1. The number of nitrogen functional groups attached to an aromatic ring is 1. The molecule has 0 amide bonds. The van der Waals surface area contributed by atoms with Crippen molar-refractivity contribution >= 4 is 28.4 Å². The van der Waals surface area contributed by atoms with Crippen LogP contribution in [-0.4, -0.2) is 4.98 Å². The van der Waals surface area contributed by atoms with Crippen molar-refractivity contribution in [2.24, 2.45) is 0 Å². The second-order valence-corrected chi connectivity index (χ2v) is 4.49. The van der Waals surface area contributed by atoms with Gasteiger partial charge in [0.15, 0.2) is 11.3 Å². The molecular weight excluding hydrogens is 287 g/mol. The minimum absolute atomic E-state index is 0.0566. The van der Waals surface area contributed by atoms with Gasteiger partial charge in [0.05, 0.1) is 16.2 Å². The Labute approximate surface area is 116 Å². The van der Waals surface area contributed by atoms with Crippen molar-refractivity contribution in [3.63, 3.8) is 0 Å². The first-order valence-corrected chi connectivity index (χ1v) is 5.96. The van der Waals surface area contributed by atoms with Gasteiger partial charge in [0.2, 0.25) is 0 Å². The highest BCUT2D eigenvalue weighted by molar-refractivity contribution is 6.30. The molecule has 3 rings (SSSR count). The van der Waals surface area contributed by atoms with Crippen molar-refractivity contribution in [3.8, 4) is 11.5 Å². The van der Waals surface area contributed by atoms with Crippen LogP contribution in [0.1, 0.15) is 0 Å². The van der Waals surface area contributed by atoms with Crippen molar-refractivity contribution in [2.75, 3.05) is 5.73 Å². The third-order valence-corrected chi connectivity index (χ3v) is 2.96. The van der Waals surface area contributed by atoms with Gasteiger partial charge in [-0.05, 0) is 12.1 Å². The number of aromatic amines is 1. The van der Waals surface area contributed by atoms with Crippen LogP contribution in [0.4, 0.5) is 10.1 Å². The van der Waals surface area contributed by atoms with Crippen LogP contribution in [0.2, 0.25) is 5.02 Å². The fourth-order valence-electron chi connectivity index (χ4n) is 1.75. The van der Waals surface area contributed by atoms with E-state index in [0.29, 0.717) is 22.6 Å². The molecule has 0 aliphatic carbocycles. The Bertz CT molecular complexity index is 856. The highest BCUT2D eigenvalue weighted by atomic mass is 35.5. The zero-order valence-corrected chi connectivity index (χ0v) is 10.7. The van der Waals surface area contributed by atoms with E-state index in [0.717, 1.165) is 0 Å². The van der Waals surface area contributed by atoms with Gasteiger partial charge in [-0.15, -0.1) is 0 Å². The summed E-state index contributed by atoms with van der Waals surface area (Å²) in [5.41, 5.74) is 6.86. The lowest BCUT2D eigenvalue weighted by atomic mass is 10.2. The van der Waals surface area contributed by atoms with Gasteiger partial charge in [-0.25, -0.2) is 9.18 Å². The van der Waals surface area contributed by atoms with E-state index in [1.165, 1.54) is 30.3 Å². The number of nitrogens with one attached hydrogen (secondary N) is 1. The van der Waals surface area contributed by atoms with Crippen LogP contribution in [0.25, 0.3) is 11.1 Å². The summed E-state index contributed by atoms with van der Waals surface area (Å²) in [4.78, 5) is 13.6. The minimum Gasteiger partial charge on any atom is -0.455 e. The van der Waals surface area contributed by atoms with E-state index in [4.69, 9.17) is 26.5 Å². The highest BCUT2D eigenvalue weighted by Gasteiger charge is 2.10. The maximum atomic E-state index is 13.1. The fraction of sp³-hybridized carbons (Fsp3) is 0. The molecule has 3 aromatic rings. The molecule has 0 unspecified atom stereocenters. The van der Waals surface area contributed by atoms with Crippen LogP contribution < -0.4 is 16.2 Å². The van der Waals surface area contributed by atoms with E-state index in [1.54, 1.807) is 0 Å². The van der Waals surface area contributed by atoms with Crippen LogP contribution in [0, 0.1) is 5.82 Å². The molecule has 5 nitrogen and oxygen atoms in total. The Morgan fingerprint density at radius 3 is 2.85 bits per heavy atom. The standard InChI is InChI=1S/C13H8ClFN2O3/c14-7-3-6(1-2-8(7)15)19-11-5-10-12(4-9(11)16)20-13(18)17-10/h1-5H,16H2,(H,17,18). The molecule has 2 aromatic carbocycles. The number of hydrogen-bond donors (Lipinski definition) is 2. The Hall–Kier alpha value is -2.47. The molecule has 1 aromatic heterocycles. The lowest BCUT2D eigenvalue weighted by Gasteiger charge is -2.08. The third kappa shape index (κ3) is 2.21. The lowest BCUT2D eigenvalue weighted by Crippen LogP contribution is -1.93. The van der Waals surface area contributed by atoms with Gasteiger partial charge < -0.3 is 14.9 Å². The van der Waals surface area contributed by atoms with Gasteiger partial charge in [-0.2, -0.15) is 0 Å². The summed E-state index contributed by atoms with van der Waals surface area (Å²) in [6.45, 7) is 0. The molecule has 7 heteroatoms. The van der Waals surface area contributed by atoms with Gasteiger partial charge in [0.25, 0.3) is 0 Å². The van der Waals surface area contributed by atoms with E-state index in [2.05, 4.69) is 4.98 Å². The number of nitrogens with two attached hydrogens (primary N) is 1. The number of oxazole rings is 1. The Morgan fingerprint density at radius 1 is 1.30 bits per heavy atom. The molecule has 0 radical (unpaired) electrons. The number of hydrogen-bond acceptors (Lipinski definition) is 4. The number of ether oxygens (including phenoxy) is 1. The summed E-state index contributed by atoms with van der Waals surface area (Å²) in [5, 5.41) is -0.0566. The summed E-state index contributed by atoms with van der Waals surface area (Å²) < 4.78 is 23.5. The molecule has 102 valence electrons. The molecule has 0 saturated carbocycles. The zero-order valence-electron chi connectivity index (χ0n) is 9.94. The molecule has 0 bridgehead atoms.